The highest BCUT2D eigenvalue weighted by Crippen LogP contribution is 2.23. The molecule has 2 nitrogen and oxygen atoms in total. The number of benzene rings is 1. The van der Waals surface area contributed by atoms with Crippen molar-refractivity contribution in [3.05, 3.63) is 35.4 Å². The van der Waals surface area contributed by atoms with E-state index in [-0.39, 0.29) is 23.7 Å². The summed E-state index contributed by atoms with van der Waals surface area (Å²) < 4.78 is 0. The van der Waals surface area contributed by atoms with E-state index < -0.39 is 0 Å². The minimum absolute atomic E-state index is 0.0375. The predicted octanol–water partition coefficient (Wildman–Crippen LogP) is 3.19. The van der Waals surface area contributed by atoms with Gasteiger partial charge < -0.3 is 5.11 Å². The van der Waals surface area contributed by atoms with Crippen molar-refractivity contribution in [3.8, 4) is 0 Å². The van der Waals surface area contributed by atoms with E-state index in [9.17, 15) is 4.79 Å². The summed E-state index contributed by atoms with van der Waals surface area (Å²) in [4.78, 5) is 12.0. The molecular formula is C15H22O2. The zero-order valence-electron chi connectivity index (χ0n) is 11.2. The molecule has 1 aromatic carbocycles. The van der Waals surface area contributed by atoms with Crippen molar-refractivity contribution in [2.45, 2.75) is 39.5 Å². The van der Waals surface area contributed by atoms with Crippen LogP contribution in [0.2, 0.25) is 0 Å². The third-order valence-corrected chi connectivity index (χ3v) is 3.12. The van der Waals surface area contributed by atoms with Crippen molar-refractivity contribution in [2.24, 2.45) is 5.92 Å². The van der Waals surface area contributed by atoms with Crippen LogP contribution >= 0.6 is 0 Å². The highest BCUT2D eigenvalue weighted by molar-refractivity contribution is 5.97. The van der Waals surface area contributed by atoms with Gasteiger partial charge in [-0.05, 0) is 17.4 Å². The van der Waals surface area contributed by atoms with Crippen LogP contribution in [-0.2, 0) is 5.41 Å². The van der Waals surface area contributed by atoms with Gasteiger partial charge in [-0.1, -0.05) is 52.0 Å². The fourth-order valence-corrected chi connectivity index (χ4v) is 1.77. The van der Waals surface area contributed by atoms with E-state index >= 15 is 0 Å². The molecule has 0 bridgehead atoms. The number of ketones is 1. The Labute approximate surface area is 104 Å². The number of carbonyl (C=O) groups excluding carboxylic acids is 1. The second-order valence-electron chi connectivity index (χ2n) is 5.48. The Kier molecular flexibility index (Phi) is 4.47. The van der Waals surface area contributed by atoms with Crippen LogP contribution in [0.25, 0.3) is 0 Å². The highest BCUT2D eigenvalue weighted by Gasteiger charge is 2.18. The molecule has 0 saturated carbocycles. The smallest absolute Gasteiger partial charge is 0.168 e. The molecule has 0 spiro atoms. The molecule has 0 aromatic heterocycles. The van der Waals surface area contributed by atoms with Gasteiger partial charge in [0.1, 0.15) is 0 Å². The summed E-state index contributed by atoms with van der Waals surface area (Å²) >= 11 is 0. The summed E-state index contributed by atoms with van der Waals surface area (Å²) in [6.07, 6.45) is 0.677. The first-order chi connectivity index (χ1) is 7.90. The van der Waals surface area contributed by atoms with Gasteiger partial charge in [0, 0.05) is 11.5 Å². The van der Waals surface area contributed by atoms with Crippen molar-refractivity contribution in [1.82, 2.24) is 0 Å². The molecule has 1 aromatic rings. The largest absolute Gasteiger partial charge is 0.396 e. The maximum absolute atomic E-state index is 12.0. The molecule has 0 saturated heterocycles. The quantitative estimate of drug-likeness (QED) is 0.812. The Balaban J connectivity index is 2.91. The number of hydrogen-bond donors (Lipinski definition) is 1. The summed E-state index contributed by atoms with van der Waals surface area (Å²) in [7, 11) is 0. The highest BCUT2D eigenvalue weighted by atomic mass is 16.3. The van der Waals surface area contributed by atoms with Gasteiger partial charge in [0.25, 0.3) is 0 Å². The van der Waals surface area contributed by atoms with Gasteiger partial charge in [-0.25, -0.2) is 0 Å². The second-order valence-corrected chi connectivity index (χ2v) is 5.48. The monoisotopic (exact) mass is 234 g/mol. The maximum Gasteiger partial charge on any atom is 0.168 e. The van der Waals surface area contributed by atoms with Gasteiger partial charge in [0.15, 0.2) is 5.78 Å². The van der Waals surface area contributed by atoms with Crippen molar-refractivity contribution in [3.63, 3.8) is 0 Å². The van der Waals surface area contributed by atoms with Gasteiger partial charge in [0.05, 0.1) is 6.61 Å². The number of Topliss-reactive ketones (excluding diaryl/α,β-unsaturated/α-hetero) is 1. The van der Waals surface area contributed by atoms with Crippen LogP contribution in [0.1, 0.15) is 50.0 Å². The molecular weight excluding hydrogens is 212 g/mol. The summed E-state index contributed by atoms with van der Waals surface area (Å²) in [6, 6.07) is 7.72. The lowest BCUT2D eigenvalue weighted by Gasteiger charge is -2.19. The zero-order chi connectivity index (χ0) is 13.1. The SMILES string of the molecule is CCC(CO)C(=O)c1ccc(C(C)(C)C)cc1. The summed E-state index contributed by atoms with van der Waals surface area (Å²) in [5.74, 6) is -0.231. The molecule has 0 heterocycles. The van der Waals surface area contributed by atoms with Gasteiger partial charge in [0.2, 0.25) is 0 Å². The van der Waals surface area contributed by atoms with Crippen molar-refractivity contribution < 1.29 is 9.90 Å². The third kappa shape index (κ3) is 3.40. The van der Waals surface area contributed by atoms with E-state index in [4.69, 9.17) is 5.11 Å². The number of aliphatic hydroxyl groups is 1. The first kappa shape index (κ1) is 13.9. The molecule has 0 fully saturated rings. The zero-order valence-corrected chi connectivity index (χ0v) is 11.2. The first-order valence-corrected chi connectivity index (χ1v) is 6.15. The van der Waals surface area contributed by atoms with Crippen LogP contribution in [0.15, 0.2) is 24.3 Å². The molecule has 1 N–H and O–H groups in total. The van der Waals surface area contributed by atoms with Crippen LogP contribution in [0.5, 0.6) is 0 Å². The van der Waals surface area contributed by atoms with Crippen molar-refractivity contribution in [2.75, 3.05) is 6.61 Å². The minimum atomic E-state index is -0.268. The van der Waals surface area contributed by atoms with Crippen LogP contribution in [0.4, 0.5) is 0 Å². The number of hydrogen-bond acceptors (Lipinski definition) is 2. The van der Waals surface area contributed by atoms with E-state index in [1.165, 1.54) is 5.56 Å². The summed E-state index contributed by atoms with van der Waals surface area (Å²) in [6.45, 7) is 8.28. The number of aliphatic hydroxyl groups excluding tert-OH is 1. The Morgan fingerprint density at radius 3 is 2.12 bits per heavy atom. The van der Waals surface area contributed by atoms with Crippen LogP contribution < -0.4 is 0 Å². The minimum Gasteiger partial charge on any atom is -0.396 e. The van der Waals surface area contributed by atoms with Gasteiger partial charge in [-0.2, -0.15) is 0 Å². The molecule has 17 heavy (non-hydrogen) atoms. The lowest BCUT2D eigenvalue weighted by molar-refractivity contribution is 0.0856. The topological polar surface area (TPSA) is 37.3 Å². The van der Waals surface area contributed by atoms with Crippen molar-refractivity contribution >= 4 is 5.78 Å². The Morgan fingerprint density at radius 2 is 1.76 bits per heavy atom. The normalized spacial score (nSPS) is 13.5. The second kappa shape index (κ2) is 5.46. The predicted molar refractivity (Wildman–Crippen MR) is 70.3 cm³/mol. The third-order valence-electron chi connectivity index (χ3n) is 3.12. The fourth-order valence-electron chi connectivity index (χ4n) is 1.77. The summed E-state index contributed by atoms with van der Waals surface area (Å²) in [5, 5.41) is 9.12. The molecule has 1 rings (SSSR count). The van der Waals surface area contributed by atoms with Crippen LogP contribution in [0, 0.1) is 5.92 Å². The van der Waals surface area contributed by atoms with Gasteiger partial charge >= 0.3 is 0 Å². The molecule has 94 valence electrons. The number of rotatable bonds is 4. The lowest BCUT2D eigenvalue weighted by Crippen LogP contribution is -2.18. The van der Waals surface area contributed by atoms with E-state index in [1.807, 2.05) is 31.2 Å². The molecule has 0 aliphatic rings. The summed E-state index contributed by atoms with van der Waals surface area (Å²) in [5.41, 5.74) is 2.01. The van der Waals surface area contributed by atoms with E-state index in [0.717, 1.165) is 0 Å². The Bertz CT molecular complexity index is 367. The molecule has 0 aliphatic carbocycles. The Morgan fingerprint density at radius 1 is 1.24 bits per heavy atom. The van der Waals surface area contributed by atoms with E-state index in [0.29, 0.717) is 12.0 Å². The molecule has 0 amide bonds. The first-order valence-electron chi connectivity index (χ1n) is 6.15. The molecule has 1 atom stereocenters. The fraction of sp³-hybridized carbons (Fsp3) is 0.533. The Hall–Kier alpha value is -1.15. The lowest BCUT2D eigenvalue weighted by atomic mass is 9.85. The molecule has 2 heteroatoms. The van der Waals surface area contributed by atoms with Gasteiger partial charge in [-0.3, -0.25) is 4.79 Å². The number of carbonyl (C=O) groups is 1. The van der Waals surface area contributed by atoms with E-state index in [1.54, 1.807) is 0 Å². The van der Waals surface area contributed by atoms with Crippen LogP contribution in [0.3, 0.4) is 0 Å². The average Bonchev–Trinajstić information content (AvgIpc) is 2.29. The average molecular weight is 234 g/mol. The van der Waals surface area contributed by atoms with Crippen molar-refractivity contribution in [1.29, 1.82) is 0 Å². The van der Waals surface area contributed by atoms with Gasteiger partial charge in [-0.15, -0.1) is 0 Å². The van der Waals surface area contributed by atoms with E-state index in [2.05, 4.69) is 20.8 Å². The molecule has 0 radical (unpaired) electrons. The molecule has 0 aliphatic heterocycles. The maximum atomic E-state index is 12.0. The molecule has 1 unspecified atom stereocenters. The van der Waals surface area contributed by atoms with Crippen LogP contribution in [-0.4, -0.2) is 17.5 Å². The standard InChI is InChI=1S/C15H22O2/c1-5-11(10-16)14(17)12-6-8-13(9-7-12)15(2,3)4/h6-9,11,16H,5,10H2,1-4H3.